The van der Waals surface area contributed by atoms with Crippen molar-refractivity contribution in [2.75, 3.05) is 19.0 Å². The average molecular weight is 192 g/mol. The molecular formula is C8H12N6. The van der Waals surface area contributed by atoms with Gasteiger partial charge in [0.25, 0.3) is 0 Å². The van der Waals surface area contributed by atoms with Gasteiger partial charge in [-0.1, -0.05) is 0 Å². The van der Waals surface area contributed by atoms with Crippen molar-refractivity contribution < 1.29 is 0 Å². The van der Waals surface area contributed by atoms with Crippen LogP contribution in [0.1, 0.15) is 0 Å². The summed E-state index contributed by atoms with van der Waals surface area (Å²) in [6.45, 7) is 0.375. The first kappa shape index (κ1) is 8.89. The summed E-state index contributed by atoms with van der Waals surface area (Å²) in [6.07, 6.45) is 3.36. The molecule has 0 radical (unpaired) electrons. The van der Waals surface area contributed by atoms with Gasteiger partial charge in [-0.25, -0.2) is 9.97 Å². The minimum absolute atomic E-state index is 0.375. The Bertz CT molecular complexity index is 446. The minimum Gasteiger partial charge on any atom is -0.347 e. The molecule has 14 heavy (non-hydrogen) atoms. The van der Waals surface area contributed by atoms with Crippen molar-refractivity contribution in [2.45, 2.75) is 6.67 Å². The molecule has 0 unspecified atom stereocenters. The van der Waals surface area contributed by atoms with Crippen LogP contribution in [-0.2, 0) is 6.67 Å². The Hall–Kier alpha value is -1.69. The van der Waals surface area contributed by atoms with Crippen LogP contribution in [0.3, 0.4) is 0 Å². The number of nitrogens with two attached hydrogens (primary N) is 1. The van der Waals surface area contributed by atoms with E-state index in [0.29, 0.717) is 12.6 Å². The fourth-order valence-corrected chi connectivity index (χ4v) is 1.20. The Morgan fingerprint density at radius 3 is 2.86 bits per heavy atom. The molecule has 0 aliphatic heterocycles. The van der Waals surface area contributed by atoms with Gasteiger partial charge in [0.15, 0.2) is 5.65 Å². The lowest BCUT2D eigenvalue weighted by atomic mass is 10.5. The summed E-state index contributed by atoms with van der Waals surface area (Å²) in [4.78, 5) is 14.5. The summed E-state index contributed by atoms with van der Waals surface area (Å²) in [5.41, 5.74) is 7.07. The summed E-state index contributed by atoms with van der Waals surface area (Å²) in [7, 11) is 3.79. The van der Waals surface area contributed by atoms with Crippen LogP contribution in [0.25, 0.3) is 11.2 Å². The highest BCUT2D eigenvalue weighted by Gasteiger charge is 2.06. The molecule has 2 aromatic heterocycles. The molecule has 6 nitrogen and oxygen atoms in total. The average Bonchev–Trinajstić information content (AvgIpc) is 2.59. The molecule has 2 rings (SSSR count). The second-order valence-electron chi connectivity index (χ2n) is 3.17. The molecule has 0 atom stereocenters. The van der Waals surface area contributed by atoms with Gasteiger partial charge in [0.1, 0.15) is 5.52 Å². The zero-order valence-electron chi connectivity index (χ0n) is 8.18. The van der Waals surface area contributed by atoms with E-state index in [2.05, 4.69) is 15.0 Å². The van der Waals surface area contributed by atoms with Gasteiger partial charge < -0.3 is 15.2 Å². The molecule has 0 aliphatic carbocycles. The largest absolute Gasteiger partial charge is 0.347 e. The fraction of sp³-hybridized carbons (Fsp3) is 0.375. The van der Waals surface area contributed by atoms with Crippen molar-refractivity contribution in [2.24, 2.45) is 5.73 Å². The molecule has 74 valence electrons. The summed E-state index contributed by atoms with van der Waals surface area (Å²) in [5, 5.41) is 0. The predicted molar refractivity (Wildman–Crippen MR) is 53.8 cm³/mol. The van der Waals surface area contributed by atoms with Crippen LogP contribution in [0.5, 0.6) is 0 Å². The van der Waals surface area contributed by atoms with Gasteiger partial charge in [-0.15, -0.1) is 0 Å². The lowest BCUT2D eigenvalue weighted by Gasteiger charge is -2.09. The maximum atomic E-state index is 5.54. The van der Waals surface area contributed by atoms with Crippen molar-refractivity contribution in [1.82, 2.24) is 19.5 Å². The van der Waals surface area contributed by atoms with E-state index < -0.39 is 0 Å². The third kappa shape index (κ3) is 1.29. The molecule has 6 heteroatoms. The molecule has 2 heterocycles. The van der Waals surface area contributed by atoms with Gasteiger partial charge in [0.2, 0.25) is 5.95 Å². The second-order valence-corrected chi connectivity index (χ2v) is 3.17. The van der Waals surface area contributed by atoms with Crippen molar-refractivity contribution in [3.8, 4) is 0 Å². The van der Waals surface area contributed by atoms with Gasteiger partial charge in [0.05, 0.1) is 19.2 Å². The Labute approximate surface area is 81.4 Å². The summed E-state index contributed by atoms with van der Waals surface area (Å²) in [5.74, 6) is 0.660. The van der Waals surface area contributed by atoms with Crippen molar-refractivity contribution in [3.05, 3.63) is 12.5 Å². The third-order valence-electron chi connectivity index (χ3n) is 1.94. The molecule has 0 saturated carbocycles. The standard InChI is InChI=1S/C8H12N6/c1-13(2)8-10-3-6-7(12-8)14(4-9)5-11-6/h3,5H,4,9H2,1-2H3. The van der Waals surface area contributed by atoms with E-state index in [9.17, 15) is 0 Å². The highest BCUT2D eigenvalue weighted by Crippen LogP contribution is 2.11. The molecule has 0 spiro atoms. The number of aromatic nitrogens is 4. The number of hydrogen-bond acceptors (Lipinski definition) is 5. The predicted octanol–water partition coefficient (Wildman–Crippen LogP) is -0.191. The Morgan fingerprint density at radius 1 is 1.43 bits per heavy atom. The Kier molecular flexibility index (Phi) is 2.05. The van der Waals surface area contributed by atoms with E-state index in [0.717, 1.165) is 11.2 Å². The zero-order valence-corrected chi connectivity index (χ0v) is 8.18. The van der Waals surface area contributed by atoms with Crippen molar-refractivity contribution >= 4 is 17.1 Å². The van der Waals surface area contributed by atoms with Gasteiger partial charge in [0, 0.05) is 14.1 Å². The molecule has 0 bridgehead atoms. The first-order valence-corrected chi connectivity index (χ1v) is 4.27. The Morgan fingerprint density at radius 2 is 2.21 bits per heavy atom. The summed E-state index contributed by atoms with van der Waals surface area (Å²) >= 11 is 0. The number of hydrogen-bond donors (Lipinski definition) is 1. The quantitative estimate of drug-likeness (QED) is 0.713. The van der Waals surface area contributed by atoms with E-state index in [1.54, 1.807) is 17.1 Å². The lowest BCUT2D eigenvalue weighted by molar-refractivity contribution is 0.746. The lowest BCUT2D eigenvalue weighted by Crippen LogP contribution is -2.13. The number of fused-ring (bicyclic) bond motifs is 1. The van der Waals surface area contributed by atoms with Crippen LogP contribution in [0, 0.1) is 0 Å². The first-order chi connectivity index (χ1) is 6.72. The number of nitrogens with zero attached hydrogens (tertiary/aromatic N) is 5. The first-order valence-electron chi connectivity index (χ1n) is 4.27. The van der Waals surface area contributed by atoms with E-state index >= 15 is 0 Å². The second kappa shape index (κ2) is 3.22. The molecule has 2 aromatic rings. The molecule has 0 saturated heterocycles. The maximum Gasteiger partial charge on any atom is 0.226 e. The smallest absolute Gasteiger partial charge is 0.226 e. The molecule has 2 N–H and O–H groups in total. The normalized spacial score (nSPS) is 10.8. The van der Waals surface area contributed by atoms with Gasteiger partial charge in [-0.05, 0) is 0 Å². The molecular weight excluding hydrogens is 180 g/mol. The van der Waals surface area contributed by atoms with Gasteiger partial charge >= 0.3 is 0 Å². The SMILES string of the molecule is CN(C)c1ncc2ncn(CN)c2n1. The van der Waals surface area contributed by atoms with E-state index in [1.165, 1.54) is 0 Å². The van der Waals surface area contributed by atoms with Crippen molar-refractivity contribution in [1.29, 1.82) is 0 Å². The highest BCUT2D eigenvalue weighted by molar-refractivity contribution is 5.70. The molecule has 0 fully saturated rings. The van der Waals surface area contributed by atoms with Crippen LogP contribution in [-0.4, -0.2) is 33.6 Å². The minimum atomic E-state index is 0.375. The maximum absolute atomic E-state index is 5.54. The van der Waals surface area contributed by atoms with Crippen LogP contribution in [0.15, 0.2) is 12.5 Å². The van der Waals surface area contributed by atoms with Crippen LogP contribution in [0.2, 0.25) is 0 Å². The Balaban J connectivity index is 2.61. The van der Waals surface area contributed by atoms with Crippen LogP contribution < -0.4 is 10.6 Å². The van der Waals surface area contributed by atoms with Crippen LogP contribution >= 0.6 is 0 Å². The molecule has 0 amide bonds. The van der Waals surface area contributed by atoms with E-state index in [-0.39, 0.29) is 0 Å². The fourth-order valence-electron chi connectivity index (χ4n) is 1.20. The number of anilines is 1. The summed E-state index contributed by atoms with van der Waals surface area (Å²) in [6, 6.07) is 0. The van der Waals surface area contributed by atoms with Crippen molar-refractivity contribution in [3.63, 3.8) is 0 Å². The van der Waals surface area contributed by atoms with Crippen LogP contribution in [0.4, 0.5) is 5.95 Å². The number of imidazole rings is 1. The van der Waals surface area contributed by atoms with Gasteiger partial charge in [-0.2, -0.15) is 4.98 Å². The van der Waals surface area contributed by atoms with E-state index in [1.807, 2.05) is 19.0 Å². The topological polar surface area (TPSA) is 72.9 Å². The third-order valence-corrected chi connectivity index (χ3v) is 1.94. The zero-order chi connectivity index (χ0) is 10.1. The summed E-state index contributed by atoms with van der Waals surface area (Å²) < 4.78 is 1.78. The highest BCUT2D eigenvalue weighted by atomic mass is 15.2. The monoisotopic (exact) mass is 192 g/mol. The molecule has 0 aliphatic rings. The number of rotatable bonds is 2. The molecule has 0 aromatic carbocycles. The van der Waals surface area contributed by atoms with E-state index in [4.69, 9.17) is 5.73 Å². The van der Waals surface area contributed by atoms with Gasteiger partial charge in [-0.3, -0.25) is 0 Å².